The molecule has 0 amide bonds. The Hall–Kier alpha value is -2.60. The number of carboxylic acids is 1. The molecule has 0 spiro atoms. The first-order valence-corrected chi connectivity index (χ1v) is 11.5. The summed E-state index contributed by atoms with van der Waals surface area (Å²) in [5.41, 5.74) is 7.52. The molecule has 13 nitrogen and oxygen atoms in total. The maximum Gasteiger partial charge on any atom is 0.364 e. The van der Waals surface area contributed by atoms with Crippen molar-refractivity contribution < 1.29 is 28.6 Å². The summed E-state index contributed by atoms with van der Waals surface area (Å²) >= 11 is 0. The van der Waals surface area contributed by atoms with Gasteiger partial charge in [0.2, 0.25) is 0 Å². The number of ether oxygens (including phenoxy) is 2. The van der Waals surface area contributed by atoms with E-state index >= 15 is 0 Å². The van der Waals surface area contributed by atoms with Crippen LogP contribution in [0.25, 0.3) is 11.2 Å². The third-order valence-corrected chi connectivity index (χ3v) is 6.16. The topological polar surface area (TPSA) is 176 Å². The molecule has 2 aromatic rings. The van der Waals surface area contributed by atoms with Crippen molar-refractivity contribution in [1.29, 1.82) is 0 Å². The highest BCUT2D eigenvalue weighted by atomic mass is 31.2. The molecule has 1 saturated heterocycles. The van der Waals surface area contributed by atoms with E-state index in [9.17, 15) is 9.36 Å². The van der Waals surface area contributed by atoms with Crippen molar-refractivity contribution in [3.05, 3.63) is 12.7 Å². The van der Waals surface area contributed by atoms with E-state index in [2.05, 4.69) is 25.2 Å². The summed E-state index contributed by atoms with van der Waals surface area (Å²) in [7, 11) is -3.75. The van der Waals surface area contributed by atoms with Gasteiger partial charge in [-0.2, -0.15) is 0 Å². The normalized spacial score (nSPS) is 18.3. The molecular weight excluding hydrogens is 429 g/mol. The quantitative estimate of drug-likeness (QED) is 0.347. The highest BCUT2D eigenvalue weighted by Crippen LogP contribution is 2.44. The number of carbonyl (C=O) groups is 1. The van der Waals surface area contributed by atoms with E-state index in [1.165, 1.54) is 13.3 Å². The number of fused-ring (bicyclic) bond motifs is 1. The zero-order chi connectivity index (χ0) is 22.4. The number of nitrogens with one attached hydrogen (secondary N) is 1. The van der Waals surface area contributed by atoms with E-state index in [4.69, 9.17) is 24.9 Å². The van der Waals surface area contributed by atoms with Crippen LogP contribution in [-0.4, -0.2) is 68.0 Å². The Bertz CT molecular complexity index is 989. The number of oxime groups is 1. The molecule has 170 valence electrons. The van der Waals surface area contributed by atoms with Crippen LogP contribution in [0.3, 0.4) is 0 Å². The molecule has 3 rings (SSSR count). The Morgan fingerprint density at radius 1 is 1.39 bits per heavy atom. The predicted molar refractivity (Wildman–Crippen MR) is 112 cm³/mol. The molecule has 31 heavy (non-hydrogen) atoms. The minimum atomic E-state index is -3.75. The van der Waals surface area contributed by atoms with Crippen molar-refractivity contribution in [1.82, 2.24) is 24.6 Å². The SMILES string of the molecule is CC(Cn1cnc2c(N)ncnc21)OCP(=O)(NC(C)C(=O)O)ON=C1CCOCC1. The molecule has 0 aromatic carbocycles. The fraction of sp³-hybridized carbons (Fsp3) is 0.588. The predicted octanol–water partition coefficient (Wildman–Crippen LogP) is 1.21. The van der Waals surface area contributed by atoms with Crippen molar-refractivity contribution in [2.75, 3.05) is 25.3 Å². The van der Waals surface area contributed by atoms with Crippen LogP contribution in [-0.2, 0) is 30.0 Å². The molecule has 0 aliphatic carbocycles. The maximum absolute atomic E-state index is 13.2. The molecule has 4 N–H and O–H groups in total. The molecule has 14 heteroatoms. The number of hydrogen-bond donors (Lipinski definition) is 3. The third-order valence-electron chi connectivity index (χ3n) is 4.54. The fourth-order valence-electron chi connectivity index (χ4n) is 2.84. The van der Waals surface area contributed by atoms with E-state index in [1.54, 1.807) is 17.8 Å². The van der Waals surface area contributed by atoms with E-state index in [-0.39, 0.29) is 12.2 Å². The van der Waals surface area contributed by atoms with Crippen LogP contribution < -0.4 is 10.8 Å². The first-order chi connectivity index (χ1) is 14.8. The zero-order valence-electron chi connectivity index (χ0n) is 17.3. The number of nitrogens with zero attached hydrogens (tertiary/aromatic N) is 5. The number of anilines is 1. The van der Waals surface area contributed by atoms with E-state index < -0.39 is 25.6 Å². The first-order valence-electron chi connectivity index (χ1n) is 9.72. The maximum atomic E-state index is 13.2. The van der Waals surface area contributed by atoms with Crippen LogP contribution in [0.4, 0.5) is 5.82 Å². The van der Waals surface area contributed by atoms with Crippen LogP contribution in [0, 0.1) is 0 Å². The minimum Gasteiger partial charge on any atom is -0.480 e. The summed E-state index contributed by atoms with van der Waals surface area (Å²) in [5.74, 6) is -0.896. The van der Waals surface area contributed by atoms with Crippen molar-refractivity contribution in [2.45, 2.75) is 45.4 Å². The number of hydrogen-bond acceptors (Lipinski definition) is 10. The average Bonchev–Trinajstić information content (AvgIpc) is 3.16. The molecule has 3 heterocycles. The van der Waals surface area contributed by atoms with Gasteiger partial charge in [0.15, 0.2) is 11.5 Å². The Morgan fingerprint density at radius 2 is 2.13 bits per heavy atom. The first kappa shape index (κ1) is 23.1. The monoisotopic (exact) mass is 455 g/mol. The molecular formula is C17H26N7O6P. The van der Waals surface area contributed by atoms with Crippen molar-refractivity contribution in [3.8, 4) is 0 Å². The van der Waals surface area contributed by atoms with Crippen LogP contribution in [0.1, 0.15) is 26.7 Å². The Morgan fingerprint density at radius 3 is 2.84 bits per heavy atom. The molecule has 0 saturated carbocycles. The van der Waals surface area contributed by atoms with Gasteiger partial charge in [0.25, 0.3) is 0 Å². The lowest BCUT2D eigenvalue weighted by Gasteiger charge is -2.22. The molecule has 0 bridgehead atoms. The van der Waals surface area contributed by atoms with Gasteiger partial charge in [-0.05, 0) is 13.8 Å². The Kier molecular flexibility index (Phi) is 7.55. The molecule has 3 unspecified atom stereocenters. The third kappa shape index (κ3) is 6.20. The number of aromatic nitrogens is 4. The summed E-state index contributed by atoms with van der Waals surface area (Å²) < 4.78 is 31.2. The van der Waals surface area contributed by atoms with Gasteiger partial charge >= 0.3 is 13.5 Å². The lowest BCUT2D eigenvalue weighted by atomic mass is 10.2. The van der Waals surface area contributed by atoms with Crippen molar-refractivity contribution in [2.24, 2.45) is 5.16 Å². The van der Waals surface area contributed by atoms with Gasteiger partial charge in [0.05, 0.1) is 37.9 Å². The highest BCUT2D eigenvalue weighted by molar-refractivity contribution is 7.56. The second-order valence-electron chi connectivity index (χ2n) is 7.15. The lowest BCUT2D eigenvalue weighted by molar-refractivity contribution is -0.138. The van der Waals surface area contributed by atoms with Gasteiger partial charge in [-0.15, -0.1) is 0 Å². The van der Waals surface area contributed by atoms with Gasteiger partial charge in [-0.25, -0.2) is 20.0 Å². The van der Waals surface area contributed by atoms with Gasteiger partial charge in [-0.3, -0.25) is 9.36 Å². The Labute approximate surface area is 178 Å². The molecule has 0 radical (unpaired) electrons. The number of imidazole rings is 1. The van der Waals surface area contributed by atoms with Gasteiger partial charge in [-0.1, -0.05) is 5.16 Å². The summed E-state index contributed by atoms with van der Waals surface area (Å²) in [4.78, 5) is 23.5. The van der Waals surface area contributed by atoms with Crippen molar-refractivity contribution >= 4 is 36.2 Å². The molecule has 2 aromatic heterocycles. The number of rotatable bonds is 10. The second kappa shape index (κ2) is 10.1. The van der Waals surface area contributed by atoms with Crippen LogP contribution in [0.5, 0.6) is 0 Å². The average molecular weight is 455 g/mol. The molecule has 1 fully saturated rings. The zero-order valence-corrected chi connectivity index (χ0v) is 18.2. The molecule has 3 atom stereocenters. The largest absolute Gasteiger partial charge is 0.480 e. The molecule has 1 aliphatic heterocycles. The standard InChI is InChI=1S/C17H26N7O6P/c1-11(7-24-9-21-14-15(18)19-8-20-16(14)24)29-10-31(27,23-12(2)17(25)26)30-22-13-3-5-28-6-4-13/h8-9,11-12H,3-7,10H2,1-2H3,(H,23,27)(H,25,26)(H2,18,19,20). The van der Waals surface area contributed by atoms with Crippen LogP contribution in [0.2, 0.25) is 0 Å². The number of nitrogens with two attached hydrogens (primary N) is 1. The highest BCUT2D eigenvalue weighted by Gasteiger charge is 2.31. The summed E-state index contributed by atoms with van der Waals surface area (Å²) in [6.45, 7) is 4.49. The summed E-state index contributed by atoms with van der Waals surface area (Å²) in [6, 6.07) is -1.11. The van der Waals surface area contributed by atoms with E-state index in [1.807, 2.05) is 0 Å². The van der Waals surface area contributed by atoms with E-state index in [0.717, 1.165) is 0 Å². The number of aliphatic carboxylic acids is 1. The summed E-state index contributed by atoms with van der Waals surface area (Å²) in [5, 5.41) is 15.6. The molecule has 1 aliphatic rings. The fourth-order valence-corrected chi connectivity index (χ4v) is 4.41. The van der Waals surface area contributed by atoms with Gasteiger partial charge < -0.3 is 29.5 Å². The summed E-state index contributed by atoms with van der Waals surface area (Å²) in [6.07, 6.45) is 3.23. The van der Waals surface area contributed by atoms with Crippen LogP contribution >= 0.6 is 7.52 Å². The minimum absolute atomic E-state index is 0.273. The van der Waals surface area contributed by atoms with Gasteiger partial charge in [0, 0.05) is 12.8 Å². The van der Waals surface area contributed by atoms with Crippen LogP contribution in [0.15, 0.2) is 17.8 Å². The lowest BCUT2D eigenvalue weighted by Crippen LogP contribution is -2.33. The van der Waals surface area contributed by atoms with Gasteiger partial charge in [0.1, 0.15) is 24.2 Å². The number of nitrogen functional groups attached to an aromatic ring is 1. The van der Waals surface area contributed by atoms with Crippen molar-refractivity contribution in [3.63, 3.8) is 0 Å². The second-order valence-corrected chi connectivity index (χ2v) is 9.17. The van der Waals surface area contributed by atoms with E-state index in [0.29, 0.717) is 49.5 Å². The number of carboxylic acid groups (broad SMARTS) is 1. The Balaban J connectivity index is 1.65. The smallest absolute Gasteiger partial charge is 0.364 e.